The summed E-state index contributed by atoms with van der Waals surface area (Å²) in [5, 5.41) is 2.95. The van der Waals surface area contributed by atoms with E-state index < -0.39 is 21.5 Å². The minimum atomic E-state index is -3.73. The molecule has 0 atom stereocenters. The molecule has 3 rings (SSSR count). The molecule has 1 aromatic rings. The molecule has 2 aliphatic rings. The Labute approximate surface area is 189 Å². The maximum atomic E-state index is 13.1. The first-order chi connectivity index (χ1) is 15.3. The Morgan fingerprint density at radius 2 is 1.62 bits per heavy atom. The van der Waals surface area contributed by atoms with E-state index in [9.17, 15) is 18.0 Å². The van der Waals surface area contributed by atoms with Gasteiger partial charge in [0.15, 0.2) is 11.5 Å². The van der Waals surface area contributed by atoms with E-state index in [2.05, 4.69) is 5.32 Å². The van der Waals surface area contributed by atoms with Crippen molar-refractivity contribution in [3.05, 3.63) is 18.2 Å². The third kappa shape index (κ3) is 4.85. The first-order valence-corrected chi connectivity index (χ1v) is 12.3. The van der Waals surface area contributed by atoms with Crippen molar-refractivity contribution in [1.29, 1.82) is 0 Å². The molecule has 1 heterocycles. The highest BCUT2D eigenvalue weighted by Crippen LogP contribution is 2.33. The molecule has 9 nitrogen and oxygen atoms in total. The number of esters is 1. The molecule has 1 saturated heterocycles. The first kappa shape index (κ1) is 24.3. The van der Waals surface area contributed by atoms with Crippen LogP contribution in [0.2, 0.25) is 0 Å². The minimum Gasteiger partial charge on any atom is -0.493 e. The first-order valence-electron chi connectivity index (χ1n) is 10.9. The quantitative estimate of drug-likeness (QED) is 0.610. The Morgan fingerprint density at radius 3 is 2.19 bits per heavy atom. The summed E-state index contributed by atoms with van der Waals surface area (Å²) < 4.78 is 42.9. The smallest absolute Gasteiger partial charge is 0.331 e. The molecule has 0 bridgehead atoms. The molecule has 32 heavy (non-hydrogen) atoms. The summed E-state index contributed by atoms with van der Waals surface area (Å²) in [5.41, 5.74) is -0.965. The van der Waals surface area contributed by atoms with Gasteiger partial charge in [-0.3, -0.25) is 4.79 Å². The van der Waals surface area contributed by atoms with E-state index in [1.54, 1.807) is 6.07 Å². The van der Waals surface area contributed by atoms with Crippen molar-refractivity contribution in [2.24, 2.45) is 5.92 Å². The number of methoxy groups -OCH3 is 3. The molecule has 178 valence electrons. The van der Waals surface area contributed by atoms with Crippen molar-refractivity contribution in [1.82, 2.24) is 9.62 Å². The van der Waals surface area contributed by atoms with E-state index in [0.717, 1.165) is 19.3 Å². The standard InChI is InChI=1S/C22H32N2O7S/c1-29-18-8-7-17(15-19(18)30-2)32(27,28)24-13-9-16(10-14-24)20(25)23-22(21(26)31-3)11-5-4-6-12-22/h7-8,15-16H,4-6,9-14H2,1-3H3,(H,23,25). The number of rotatable bonds is 7. The number of nitrogens with zero attached hydrogens (tertiary/aromatic N) is 1. The Bertz CT molecular complexity index is 934. The molecule has 2 fully saturated rings. The molecular formula is C22H32N2O7S. The summed E-state index contributed by atoms with van der Waals surface area (Å²) in [4.78, 5) is 25.5. The summed E-state index contributed by atoms with van der Waals surface area (Å²) in [7, 11) is 0.538. The van der Waals surface area contributed by atoms with Crippen LogP contribution in [0, 0.1) is 5.92 Å². The zero-order valence-corrected chi connectivity index (χ0v) is 19.7. The molecular weight excluding hydrogens is 436 g/mol. The molecule has 0 aromatic heterocycles. The zero-order valence-electron chi connectivity index (χ0n) is 18.9. The topological polar surface area (TPSA) is 111 Å². The lowest BCUT2D eigenvalue weighted by molar-refractivity contribution is -0.153. The lowest BCUT2D eigenvalue weighted by atomic mass is 9.81. The number of hydrogen-bond acceptors (Lipinski definition) is 7. The van der Waals surface area contributed by atoms with Gasteiger partial charge in [-0.1, -0.05) is 19.3 Å². The van der Waals surface area contributed by atoms with E-state index >= 15 is 0 Å². The number of amides is 1. The van der Waals surface area contributed by atoms with Gasteiger partial charge in [-0.15, -0.1) is 0 Å². The average molecular weight is 469 g/mol. The summed E-state index contributed by atoms with van der Waals surface area (Å²) in [5.74, 6) is -0.178. The summed E-state index contributed by atoms with van der Waals surface area (Å²) in [6, 6.07) is 4.48. The van der Waals surface area contributed by atoms with E-state index in [1.165, 1.54) is 37.8 Å². The number of piperidine rings is 1. The number of ether oxygens (including phenoxy) is 3. The Hall–Kier alpha value is -2.33. The summed E-state index contributed by atoms with van der Waals surface area (Å²) in [6.45, 7) is 0.444. The Balaban J connectivity index is 1.66. The molecule has 1 saturated carbocycles. The van der Waals surface area contributed by atoms with Crippen molar-refractivity contribution >= 4 is 21.9 Å². The highest BCUT2D eigenvalue weighted by Gasteiger charge is 2.43. The fraction of sp³-hybridized carbons (Fsp3) is 0.636. The molecule has 1 aliphatic carbocycles. The molecule has 1 N–H and O–H groups in total. The molecule has 0 radical (unpaired) electrons. The third-order valence-corrected chi connectivity index (χ3v) is 8.36. The lowest BCUT2D eigenvalue weighted by Crippen LogP contribution is -2.58. The van der Waals surface area contributed by atoms with Crippen molar-refractivity contribution < 1.29 is 32.2 Å². The Kier molecular flexibility index (Phi) is 7.66. The van der Waals surface area contributed by atoms with Gasteiger partial charge in [-0.05, 0) is 37.8 Å². The number of carbonyl (C=O) groups is 2. The van der Waals surface area contributed by atoms with Crippen LogP contribution in [-0.2, 0) is 24.3 Å². The van der Waals surface area contributed by atoms with Crippen LogP contribution in [0.25, 0.3) is 0 Å². The Morgan fingerprint density at radius 1 is 1.00 bits per heavy atom. The summed E-state index contributed by atoms with van der Waals surface area (Å²) >= 11 is 0. The third-order valence-electron chi connectivity index (χ3n) is 6.46. The average Bonchev–Trinajstić information content (AvgIpc) is 2.83. The van der Waals surface area contributed by atoms with Gasteiger partial charge in [0.2, 0.25) is 15.9 Å². The van der Waals surface area contributed by atoms with Crippen LogP contribution >= 0.6 is 0 Å². The van der Waals surface area contributed by atoms with Gasteiger partial charge in [-0.25, -0.2) is 13.2 Å². The van der Waals surface area contributed by atoms with Crippen LogP contribution in [-0.4, -0.2) is 64.6 Å². The zero-order chi connectivity index (χ0) is 23.4. The van der Waals surface area contributed by atoms with Gasteiger partial charge in [0.25, 0.3) is 0 Å². The maximum absolute atomic E-state index is 13.1. The van der Waals surface area contributed by atoms with Crippen LogP contribution in [0.15, 0.2) is 23.1 Å². The number of carbonyl (C=O) groups excluding carboxylic acids is 2. The van der Waals surface area contributed by atoms with Gasteiger partial charge in [-0.2, -0.15) is 4.31 Å². The number of hydrogen-bond donors (Lipinski definition) is 1. The fourth-order valence-electron chi connectivity index (χ4n) is 4.55. The van der Waals surface area contributed by atoms with Gasteiger partial charge in [0.1, 0.15) is 5.54 Å². The van der Waals surface area contributed by atoms with Gasteiger partial charge in [0, 0.05) is 25.1 Å². The van der Waals surface area contributed by atoms with Crippen LogP contribution in [0.5, 0.6) is 11.5 Å². The second kappa shape index (κ2) is 10.1. The second-order valence-electron chi connectivity index (χ2n) is 8.32. The predicted octanol–water partition coefficient (Wildman–Crippen LogP) is 2.10. The predicted molar refractivity (Wildman–Crippen MR) is 117 cm³/mol. The van der Waals surface area contributed by atoms with Gasteiger partial charge >= 0.3 is 5.97 Å². The van der Waals surface area contributed by atoms with Crippen LogP contribution in [0.3, 0.4) is 0 Å². The van der Waals surface area contributed by atoms with E-state index in [1.807, 2.05) is 0 Å². The lowest BCUT2D eigenvalue weighted by Gasteiger charge is -2.37. The molecule has 1 amide bonds. The van der Waals surface area contributed by atoms with Gasteiger partial charge in [0.05, 0.1) is 26.2 Å². The number of benzene rings is 1. The highest BCUT2D eigenvalue weighted by molar-refractivity contribution is 7.89. The summed E-state index contributed by atoms with van der Waals surface area (Å²) in [6.07, 6.45) is 4.65. The fourth-order valence-corrected chi connectivity index (χ4v) is 6.04. The molecule has 1 aliphatic heterocycles. The second-order valence-corrected chi connectivity index (χ2v) is 10.3. The normalized spacial score (nSPS) is 19.7. The van der Waals surface area contributed by atoms with Crippen LogP contribution in [0.4, 0.5) is 0 Å². The van der Waals surface area contributed by atoms with E-state index in [-0.39, 0.29) is 29.8 Å². The largest absolute Gasteiger partial charge is 0.493 e. The molecule has 0 unspecified atom stereocenters. The minimum absolute atomic E-state index is 0.116. The van der Waals surface area contributed by atoms with Crippen molar-refractivity contribution in [2.75, 3.05) is 34.4 Å². The van der Waals surface area contributed by atoms with Crippen LogP contribution in [0.1, 0.15) is 44.9 Å². The van der Waals surface area contributed by atoms with Crippen molar-refractivity contribution in [3.8, 4) is 11.5 Å². The monoisotopic (exact) mass is 468 g/mol. The molecule has 1 aromatic carbocycles. The maximum Gasteiger partial charge on any atom is 0.331 e. The highest BCUT2D eigenvalue weighted by atomic mass is 32.2. The SMILES string of the molecule is COC(=O)C1(NC(=O)C2CCN(S(=O)(=O)c3ccc(OC)c(OC)c3)CC2)CCCCC1. The molecule has 0 spiro atoms. The van der Waals surface area contributed by atoms with Crippen molar-refractivity contribution in [3.63, 3.8) is 0 Å². The van der Waals surface area contributed by atoms with E-state index in [4.69, 9.17) is 14.2 Å². The van der Waals surface area contributed by atoms with Gasteiger partial charge < -0.3 is 19.5 Å². The van der Waals surface area contributed by atoms with Crippen molar-refractivity contribution in [2.45, 2.75) is 55.4 Å². The number of nitrogens with one attached hydrogen (secondary N) is 1. The van der Waals surface area contributed by atoms with Crippen LogP contribution < -0.4 is 14.8 Å². The number of sulfonamides is 1. The molecule has 10 heteroatoms. The van der Waals surface area contributed by atoms with E-state index in [0.29, 0.717) is 37.2 Å².